The molecule has 1 aliphatic heterocycles. The highest BCUT2D eigenvalue weighted by molar-refractivity contribution is 6.02. The van der Waals surface area contributed by atoms with E-state index in [2.05, 4.69) is 4.84 Å². The number of benzene rings is 1. The van der Waals surface area contributed by atoms with E-state index in [0.29, 0.717) is 12.1 Å². The van der Waals surface area contributed by atoms with Crippen LogP contribution in [0.25, 0.3) is 0 Å². The molecule has 2 rings (SSSR count). The van der Waals surface area contributed by atoms with Crippen LogP contribution < -0.4 is 0 Å². The Morgan fingerprint density at radius 2 is 1.76 bits per heavy atom. The molecule has 2 amide bonds. The molecule has 1 aromatic carbocycles. The molecule has 1 saturated heterocycles. The zero-order valence-corrected chi connectivity index (χ0v) is 10.3. The monoisotopic (exact) mass is 303 g/mol. The average molecular weight is 303 g/mol. The topological polar surface area (TPSA) is 83.9 Å². The van der Waals surface area contributed by atoms with Crippen molar-refractivity contribution in [1.82, 2.24) is 5.06 Å². The van der Waals surface area contributed by atoms with Crippen LogP contribution in [0.2, 0.25) is 0 Å². The fourth-order valence-corrected chi connectivity index (χ4v) is 1.69. The number of nitrogens with zero attached hydrogens (tertiary/aromatic N) is 1. The van der Waals surface area contributed by atoms with Crippen LogP contribution in [0.1, 0.15) is 28.8 Å². The fraction of sp³-hybridized carbons (Fsp3) is 0.250. The molecule has 0 radical (unpaired) electrons. The van der Waals surface area contributed by atoms with Crippen LogP contribution >= 0.6 is 0 Å². The number of hydrogen-bond donors (Lipinski definition) is 1. The number of amides is 2. The first kappa shape index (κ1) is 14.8. The van der Waals surface area contributed by atoms with E-state index in [0.717, 1.165) is 6.07 Å². The number of phenolic OH excluding ortho intramolecular Hbond substituents is 1. The van der Waals surface area contributed by atoms with Gasteiger partial charge in [-0.25, -0.2) is 4.79 Å². The molecular weight excluding hydrogens is 295 g/mol. The molecule has 1 aliphatic rings. The summed E-state index contributed by atoms with van der Waals surface area (Å²) in [7, 11) is 0. The SMILES string of the molecule is O=C(ON1C(=O)CCC1=O)c1ccc(C(F)(F)F)c(O)c1. The lowest BCUT2D eigenvalue weighted by atomic mass is 10.1. The van der Waals surface area contributed by atoms with Crippen molar-refractivity contribution in [3.8, 4) is 5.75 Å². The summed E-state index contributed by atoms with van der Waals surface area (Å²) in [5, 5.41) is 9.53. The van der Waals surface area contributed by atoms with Crippen LogP contribution in [0.3, 0.4) is 0 Å². The van der Waals surface area contributed by atoms with Crippen molar-refractivity contribution in [3.05, 3.63) is 29.3 Å². The summed E-state index contributed by atoms with van der Waals surface area (Å²) in [6.45, 7) is 0. The number of halogens is 3. The molecule has 1 fully saturated rings. The Labute approximate surface area is 115 Å². The van der Waals surface area contributed by atoms with Gasteiger partial charge < -0.3 is 9.94 Å². The van der Waals surface area contributed by atoms with Gasteiger partial charge in [0.1, 0.15) is 5.75 Å². The standard InChI is InChI=1S/C12H8F3NO5/c13-12(14,15)7-2-1-6(5-8(7)17)11(20)21-16-9(18)3-4-10(16)19/h1-2,5,17H,3-4H2. The van der Waals surface area contributed by atoms with Gasteiger partial charge in [-0.3, -0.25) is 9.59 Å². The van der Waals surface area contributed by atoms with E-state index in [1.54, 1.807) is 0 Å². The molecule has 112 valence electrons. The molecule has 0 bridgehead atoms. The lowest BCUT2D eigenvalue weighted by Crippen LogP contribution is -2.32. The number of carbonyl (C=O) groups is 3. The summed E-state index contributed by atoms with van der Waals surface area (Å²) in [6, 6.07) is 1.83. The average Bonchev–Trinajstić information content (AvgIpc) is 2.68. The second-order valence-electron chi connectivity index (χ2n) is 4.19. The molecule has 1 aromatic rings. The normalized spacial score (nSPS) is 15.5. The minimum atomic E-state index is -4.77. The molecule has 0 unspecified atom stereocenters. The summed E-state index contributed by atoms with van der Waals surface area (Å²) in [4.78, 5) is 38.6. The number of aromatic hydroxyl groups is 1. The molecular formula is C12H8F3NO5. The van der Waals surface area contributed by atoms with Gasteiger partial charge in [0, 0.05) is 12.8 Å². The second kappa shape index (κ2) is 5.08. The Balaban J connectivity index is 2.19. The molecule has 1 N–H and O–H groups in total. The van der Waals surface area contributed by atoms with E-state index in [1.165, 1.54) is 0 Å². The minimum absolute atomic E-state index is 0.107. The van der Waals surface area contributed by atoms with Crippen molar-refractivity contribution in [2.24, 2.45) is 0 Å². The first-order chi connectivity index (χ1) is 9.70. The van der Waals surface area contributed by atoms with Crippen molar-refractivity contribution in [2.75, 3.05) is 0 Å². The number of hydroxylamine groups is 2. The maximum atomic E-state index is 12.4. The van der Waals surface area contributed by atoms with Crippen LogP contribution in [0, 0.1) is 0 Å². The van der Waals surface area contributed by atoms with Crippen LogP contribution in [0.5, 0.6) is 5.75 Å². The smallest absolute Gasteiger partial charge is 0.419 e. The predicted molar refractivity (Wildman–Crippen MR) is 59.6 cm³/mol. The summed E-state index contributed by atoms with van der Waals surface area (Å²) in [5.74, 6) is -3.81. The second-order valence-corrected chi connectivity index (χ2v) is 4.19. The molecule has 1 heterocycles. The third-order valence-electron chi connectivity index (χ3n) is 2.72. The number of carbonyl (C=O) groups excluding carboxylic acids is 3. The van der Waals surface area contributed by atoms with Crippen molar-refractivity contribution < 1.29 is 37.5 Å². The molecule has 0 aliphatic carbocycles. The molecule has 9 heteroatoms. The van der Waals surface area contributed by atoms with Crippen LogP contribution in [-0.4, -0.2) is 28.0 Å². The van der Waals surface area contributed by atoms with E-state index in [-0.39, 0.29) is 17.9 Å². The van der Waals surface area contributed by atoms with E-state index < -0.39 is 40.8 Å². The third-order valence-corrected chi connectivity index (χ3v) is 2.72. The third kappa shape index (κ3) is 2.96. The van der Waals surface area contributed by atoms with Gasteiger partial charge in [0.05, 0.1) is 11.1 Å². The van der Waals surface area contributed by atoms with Crippen LogP contribution in [-0.2, 0) is 20.6 Å². The summed E-state index contributed by atoms with van der Waals surface area (Å²) in [5.41, 5.74) is -1.74. The van der Waals surface area contributed by atoms with E-state index in [4.69, 9.17) is 0 Å². The Hall–Kier alpha value is -2.58. The van der Waals surface area contributed by atoms with Crippen molar-refractivity contribution >= 4 is 17.8 Å². The van der Waals surface area contributed by atoms with Gasteiger partial charge >= 0.3 is 12.1 Å². The number of hydrogen-bond acceptors (Lipinski definition) is 5. The van der Waals surface area contributed by atoms with E-state index in [1.807, 2.05) is 0 Å². The minimum Gasteiger partial charge on any atom is -0.507 e. The maximum absolute atomic E-state index is 12.4. The van der Waals surface area contributed by atoms with Crippen molar-refractivity contribution in [1.29, 1.82) is 0 Å². The quantitative estimate of drug-likeness (QED) is 0.840. The molecule has 0 atom stereocenters. The van der Waals surface area contributed by atoms with Gasteiger partial charge in [-0.05, 0) is 18.2 Å². The lowest BCUT2D eigenvalue weighted by molar-refractivity contribution is -0.172. The summed E-state index contributed by atoms with van der Waals surface area (Å²) >= 11 is 0. The Kier molecular flexibility index (Phi) is 3.58. The highest BCUT2D eigenvalue weighted by Crippen LogP contribution is 2.36. The van der Waals surface area contributed by atoms with E-state index >= 15 is 0 Å². The van der Waals surface area contributed by atoms with E-state index in [9.17, 15) is 32.7 Å². The fourth-order valence-electron chi connectivity index (χ4n) is 1.69. The summed E-state index contributed by atoms with van der Waals surface area (Å²) in [6.07, 6.45) is -4.98. The Bertz CT molecular complexity index is 610. The number of imide groups is 1. The zero-order valence-electron chi connectivity index (χ0n) is 10.3. The molecule has 0 spiro atoms. The highest BCUT2D eigenvalue weighted by Gasteiger charge is 2.35. The Morgan fingerprint density at radius 3 is 2.24 bits per heavy atom. The first-order valence-electron chi connectivity index (χ1n) is 5.68. The summed E-state index contributed by atoms with van der Waals surface area (Å²) < 4.78 is 37.3. The van der Waals surface area contributed by atoms with Crippen molar-refractivity contribution in [2.45, 2.75) is 19.0 Å². The van der Waals surface area contributed by atoms with Crippen LogP contribution in [0.15, 0.2) is 18.2 Å². The van der Waals surface area contributed by atoms with Gasteiger partial charge in [0.25, 0.3) is 11.8 Å². The number of rotatable bonds is 2. The number of phenols is 1. The first-order valence-corrected chi connectivity index (χ1v) is 5.68. The van der Waals surface area contributed by atoms with Gasteiger partial charge in [-0.2, -0.15) is 13.2 Å². The molecule has 6 nitrogen and oxygen atoms in total. The highest BCUT2D eigenvalue weighted by atomic mass is 19.4. The Morgan fingerprint density at radius 1 is 1.19 bits per heavy atom. The van der Waals surface area contributed by atoms with Crippen molar-refractivity contribution in [3.63, 3.8) is 0 Å². The molecule has 0 saturated carbocycles. The van der Waals surface area contributed by atoms with Gasteiger partial charge in [-0.1, -0.05) is 0 Å². The molecule has 21 heavy (non-hydrogen) atoms. The molecule has 0 aromatic heterocycles. The zero-order chi connectivity index (χ0) is 15.8. The lowest BCUT2D eigenvalue weighted by Gasteiger charge is -2.13. The van der Waals surface area contributed by atoms with Crippen LogP contribution in [0.4, 0.5) is 13.2 Å². The van der Waals surface area contributed by atoms with Gasteiger partial charge in [0.2, 0.25) is 0 Å². The van der Waals surface area contributed by atoms with Gasteiger partial charge in [0.15, 0.2) is 0 Å². The largest absolute Gasteiger partial charge is 0.507 e. The van der Waals surface area contributed by atoms with Gasteiger partial charge in [-0.15, -0.1) is 5.06 Å². The predicted octanol–water partition coefficient (Wildman–Crippen LogP) is 1.63. The number of alkyl halides is 3. The maximum Gasteiger partial charge on any atom is 0.419 e.